The van der Waals surface area contributed by atoms with Crippen molar-refractivity contribution < 1.29 is 0 Å². The average molecular weight is 224 g/mol. The molecule has 1 aromatic carbocycles. The van der Waals surface area contributed by atoms with E-state index < -0.39 is 0 Å². The van der Waals surface area contributed by atoms with Crippen molar-refractivity contribution >= 4 is 11.8 Å². The second-order valence-electron chi connectivity index (χ2n) is 4.01. The lowest BCUT2D eigenvalue weighted by Crippen LogP contribution is -2.30. The Hall–Kier alpha value is -0.510. The van der Waals surface area contributed by atoms with E-state index in [-0.39, 0.29) is 6.04 Å². The van der Waals surface area contributed by atoms with Crippen LogP contribution in [0.2, 0.25) is 0 Å². The van der Waals surface area contributed by atoms with Crippen LogP contribution < -0.4 is 11.3 Å². The highest BCUT2D eigenvalue weighted by atomic mass is 32.2. The zero-order valence-electron chi connectivity index (χ0n) is 9.66. The highest BCUT2D eigenvalue weighted by molar-refractivity contribution is 7.99. The summed E-state index contributed by atoms with van der Waals surface area (Å²) in [7, 11) is 0. The number of thioether (sulfide) groups is 1. The first-order valence-electron chi connectivity index (χ1n) is 5.27. The van der Waals surface area contributed by atoms with Gasteiger partial charge in [-0.1, -0.05) is 43.7 Å². The van der Waals surface area contributed by atoms with Crippen LogP contribution in [-0.2, 0) is 0 Å². The van der Waals surface area contributed by atoms with E-state index in [0.29, 0.717) is 5.25 Å². The van der Waals surface area contributed by atoms with Gasteiger partial charge in [0.25, 0.3) is 0 Å². The molecule has 3 N–H and O–H groups in total. The number of benzene rings is 1. The van der Waals surface area contributed by atoms with Crippen LogP contribution in [-0.4, -0.2) is 11.0 Å². The molecule has 0 fully saturated rings. The first-order valence-corrected chi connectivity index (χ1v) is 6.32. The Bertz CT molecular complexity index is 282. The van der Waals surface area contributed by atoms with Crippen LogP contribution in [0.4, 0.5) is 0 Å². The summed E-state index contributed by atoms with van der Waals surface area (Å²) in [5.74, 6) is 6.58. The van der Waals surface area contributed by atoms with Crippen LogP contribution in [0.3, 0.4) is 0 Å². The molecule has 0 amide bonds. The molecule has 0 aliphatic carbocycles. The molecule has 0 saturated heterocycles. The largest absolute Gasteiger partial charge is 0.271 e. The number of nitrogens with one attached hydrogen (secondary N) is 1. The highest BCUT2D eigenvalue weighted by Crippen LogP contribution is 2.20. The highest BCUT2D eigenvalue weighted by Gasteiger charge is 2.09. The molecule has 0 aromatic heterocycles. The summed E-state index contributed by atoms with van der Waals surface area (Å²) >= 11 is 1.92. The standard InChI is InChI=1S/C12H20N2S/c1-9(2)15-8-12(14-13)11-6-4-10(3)5-7-11/h4-7,9,12,14H,8,13H2,1-3H3. The van der Waals surface area contributed by atoms with E-state index >= 15 is 0 Å². The zero-order chi connectivity index (χ0) is 11.3. The van der Waals surface area contributed by atoms with Crippen LogP contribution in [0.5, 0.6) is 0 Å². The van der Waals surface area contributed by atoms with Crippen LogP contribution >= 0.6 is 11.8 Å². The van der Waals surface area contributed by atoms with Gasteiger partial charge in [0.1, 0.15) is 0 Å². The van der Waals surface area contributed by atoms with Crippen molar-refractivity contribution in [3.8, 4) is 0 Å². The van der Waals surface area contributed by atoms with Crippen molar-refractivity contribution in [2.24, 2.45) is 5.84 Å². The Morgan fingerprint density at radius 3 is 2.33 bits per heavy atom. The third-order valence-electron chi connectivity index (χ3n) is 2.28. The summed E-state index contributed by atoms with van der Waals surface area (Å²) in [5, 5.41) is 0.645. The van der Waals surface area contributed by atoms with Crippen LogP contribution in [0.25, 0.3) is 0 Å². The Morgan fingerprint density at radius 1 is 1.27 bits per heavy atom. The second kappa shape index (κ2) is 6.16. The van der Waals surface area contributed by atoms with Gasteiger partial charge < -0.3 is 0 Å². The van der Waals surface area contributed by atoms with Gasteiger partial charge in [-0.15, -0.1) is 0 Å². The maximum atomic E-state index is 5.57. The summed E-state index contributed by atoms with van der Waals surface area (Å²) in [5.41, 5.74) is 5.42. The molecular weight excluding hydrogens is 204 g/mol. The number of rotatable bonds is 5. The molecule has 1 unspecified atom stereocenters. The predicted octanol–water partition coefficient (Wildman–Crippen LogP) is 2.64. The zero-order valence-corrected chi connectivity index (χ0v) is 10.5. The van der Waals surface area contributed by atoms with E-state index in [0.717, 1.165) is 5.75 Å². The SMILES string of the molecule is Cc1ccc(C(CSC(C)C)NN)cc1. The number of hydrazine groups is 1. The summed E-state index contributed by atoms with van der Waals surface area (Å²) < 4.78 is 0. The molecule has 0 bridgehead atoms. The Kier molecular flexibility index (Phi) is 5.15. The molecule has 1 aromatic rings. The summed E-state index contributed by atoms with van der Waals surface area (Å²) in [6.45, 7) is 6.50. The molecule has 0 aliphatic rings. The number of hydrogen-bond acceptors (Lipinski definition) is 3. The molecule has 3 heteroatoms. The predicted molar refractivity (Wildman–Crippen MR) is 68.8 cm³/mol. The minimum absolute atomic E-state index is 0.248. The fraction of sp³-hybridized carbons (Fsp3) is 0.500. The van der Waals surface area contributed by atoms with Gasteiger partial charge in [-0.05, 0) is 17.7 Å². The van der Waals surface area contributed by atoms with Gasteiger partial charge in [-0.2, -0.15) is 11.8 Å². The molecule has 1 rings (SSSR count). The number of nitrogens with two attached hydrogens (primary N) is 1. The van der Waals surface area contributed by atoms with Crippen molar-refractivity contribution in [2.45, 2.75) is 32.1 Å². The van der Waals surface area contributed by atoms with E-state index in [1.165, 1.54) is 11.1 Å². The first kappa shape index (κ1) is 12.6. The van der Waals surface area contributed by atoms with Gasteiger partial charge in [-0.3, -0.25) is 11.3 Å². The maximum absolute atomic E-state index is 5.57. The first-order chi connectivity index (χ1) is 7.13. The third kappa shape index (κ3) is 4.24. The molecule has 0 radical (unpaired) electrons. The van der Waals surface area contributed by atoms with Gasteiger partial charge >= 0.3 is 0 Å². The maximum Gasteiger partial charge on any atom is 0.0550 e. The molecule has 15 heavy (non-hydrogen) atoms. The Morgan fingerprint density at radius 2 is 1.87 bits per heavy atom. The van der Waals surface area contributed by atoms with Crippen LogP contribution in [0, 0.1) is 6.92 Å². The Balaban J connectivity index is 2.61. The summed E-state index contributed by atoms with van der Waals surface area (Å²) in [6, 6.07) is 8.78. The molecule has 0 saturated carbocycles. The molecule has 2 nitrogen and oxygen atoms in total. The van der Waals surface area contributed by atoms with Crippen LogP contribution in [0.1, 0.15) is 31.0 Å². The minimum atomic E-state index is 0.248. The van der Waals surface area contributed by atoms with Crippen molar-refractivity contribution in [1.29, 1.82) is 0 Å². The summed E-state index contributed by atoms with van der Waals surface area (Å²) in [4.78, 5) is 0. The molecule has 0 heterocycles. The molecule has 84 valence electrons. The third-order valence-corrected chi connectivity index (χ3v) is 3.47. The lowest BCUT2D eigenvalue weighted by Gasteiger charge is -2.17. The molecule has 0 spiro atoms. The summed E-state index contributed by atoms with van der Waals surface area (Å²) in [6.07, 6.45) is 0. The van der Waals surface area contributed by atoms with Crippen molar-refractivity contribution in [2.75, 3.05) is 5.75 Å². The van der Waals surface area contributed by atoms with E-state index in [1.807, 2.05) is 11.8 Å². The second-order valence-corrected chi connectivity index (χ2v) is 5.62. The number of hydrogen-bond donors (Lipinski definition) is 2. The van der Waals surface area contributed by atoms with Crippen LogP contribution in [0.15, 0.2) is 24.3 Å². The monoisotopic (exact) mass is 224 g/mol. The van der Waals surface area contributed by atoms with Crippen molar-refractivity contribution in [3.05, 3.63) is 35.4 Å². The van der Waals surface area contributed by atoms with E-state index in [1.54, 1.807) is 0 Å². The quantitative estimate of drug-likeness (QED) is 0.596. The van der Waals surface area contributed by atoms with Gasteiger partial charge in [0, 0.05) is 5.75 Å². The average Bonchev–Trinajstić information content (AvgIpc) is 2.21. The lowest BCUT2D eigenvalue weighted by atomic mass is 10.1. The topological polar surface area (TPSA) is 38.0 Å². The molecule has 1 atom stereocenters. The molecular formula is C12H20N2S. The van der Waals surface area contributed by atoms with Crippen molar-refractivity contribution in [3.63, 3.8) is 0 Å². The van der Waals surface area contributed by atoms with E-state index in [4.69, 9.17) is 5.84 Å². The minimum Gasteiger partial charge on any atom is -0.271 e. The smallest absolute Gasteiger partial charge is 0.0550 e. The van der Waals surface area contributed by atoms with E-state index in [9.17, 15) is 0 Å². The fourth-order valence-corrected chi connectivity index (χ4v) is 2.19. The number of aryl methyl sites for hydroxylation is 1. The van der Waals surface area contributed by atoms with E-state index in [2.05, 4.69) is 50.5 Å². The Labute approximate surface area is 96.6 Å². The van der Waals surface area contributed by atoms with Gasteiger partial charge in [0.05, 0.1) is 6.04 Å². The fourth-order valence-electron chi connectivity index (χ4n) is 1.33. The van der Waals surface area contributed by atoms with Gasteiger partial charge in [-0.25, -0.2) is 0 Å². The molecule has 0 aliphatic heterocycles. The van der Waals surface area contributed by atoms with Crippen molar-refractivity contribution in [1.82, 2.24) is 5.43 Å². The van der Waals surface area contributed by atoms with Gasteiger partial charge in [0.2, 0.25) is 0 Å². The van der Waals surface area contributed by atoms with Gasteiger partial charge in [0.15, 0.2) is 0 Å². The lowest BCUT2D eigenvalue weighted by molar-refractivity contribution is 0.610. The normalized spacial score (nSPS) is 13.1.